The average Bonchev–Trinajstić information content (AvgIpc) is 2.44. The van der Waals surface area contributed by atoms with Crippen LogP contribution in [0.25, 0.3) is 6.08 Å². The maximum atomic E-state index is 3.42. The molecule has 0 unspecified atom stereocenters. The molecule has 0 fully saturated rings. The SMILES string of the molecule is Cc1ccc(C=CCNC(C)(C)C)s1. The normalized spacial score (nSPS) is 12.6. The molecule has 78 valence electrons. The van der Waals surface area contributed by atoms with Gasteiger partial charge in [0, 0.05) is 21.8 Å². The smallest absolute Gasteiger partial charge is 0.0270 e. The fourth-order valence-corrected chi connectivity index (χ4v) is 1.89. The molecule has 0 radical (unpaired) electrons. The van der Waals surface area contributed by atoms with Gasteiger partial charge in [0.05, 0.1) is 0 Å². The van der Waals surface area contributed by atoms with Crippen LogP contribution in [0, 0.1) is 6.92 Å². The Labute approximate surface area is 90.9 Å². The lowest BCUT2D eigenvalue weighted by Gasteiger charge is -2.18. The van der Waals surface area contributed by atoms with Crippen molar-refractivity contribution in [3.63, 3.8) is 0 Å². The number of hydrogen-bond donors (Lipinski definition) is 1. The van der Waals surface area contributed by atoms with Crippen LogP contribution in [0.4, 0.5) is 0 Å². The van der Waals surface area contributed by atoms with Gasteiger partial charge in [-0.05, 0) is 45.9 Å². The van der Waals surface area contributed by atoms with E-state index in [4.69, 9.17) is 0 Å². The summed E-state index contributed by atoms with van der Waals surface area (Å²) in [6.07, 6.45) is 4.35. The van der Waals surface area contributed by atoms with Crippen molar-refractivity contribution in [2.24, 2.45) is 0 Å². The van der Waals surface area contributed by atoms with Crippen LogP contribution < -0.4 is 5.32 Å². The Balaban J connectivity index is 2.35. The van der Waals surface area contributed by atoms with E-state index in [0.717, 1.165) is 6.54 Å². The molecule has 0 atom stereocenters. The van der Waals surface area contributed by atoms with E-state index < -0.39 is 0 Å². The van der Waals surface area contributed by atoms with Gasteiger partial charge < -0.3 is 5.32 Å². The van der Waals surface area contributed by atoms with Gasteiger partial charge in [-0.2, -0.15) is 0 Å². The average molecular weight is 209 g/mol. The molecule has 0 saturated carbocycles. The van der Waals surface area contributed by atoms with Gasteiger partial charge >= 0.3 is 0 Å². The van der Waals surface area contributed by atoms with Crippen LogP contribution in [0.1, 0.15) is 30.5 Å². The summed E-state index contributed by atoms with van der Waals surface area (Å²) in [4.78, 5) is 2.70. The van der Waals surface area contributed by atoms with Crippen molar-refractivity contribution in [3.05, 3.63) is 28.0 Å². The summed E-state index contributed by atoms with van der Waals surface area (Å²) in [5.41, 5.74) is 0.204. The minimum absolute atomic E-state index is 0.204. The summed E-state index contributed by atoms with van der Waals surface area (Å²) in [6, 6.07) is 4.31. The van der Waals surface area contributed by atoms with Crippen molar-refractivity contribution in [3.8, 4) is 0 Å². The summed E-state index contributed by atoms with van der Waals surface area (Å²) in [5, 5.41) is 3.42. The molecule has 0 aliphatic rings. The quantitative estimate of drug-likeness (QED) is 0.804. The monoisotopic (exact) mass is 209 g/mol. The van der Waals surface area contributed by atoms with Crippen molar-refractivity contribution in [1.29, 1.82) is 0 Å². The van der Waals surface area contributed by atoms with Gasteiger partial charge in [-0.15, -0.1) is 11.3 Å². The molecule has 0 bridgehead atoms. The number of rotatable bonds is 3. The summed E-state index contributed by atoms with van der Waals surface area (Å²) < 4.78 is 0. The third kappa shape index (κ3) is 4.58. The van der Waals surface area contributed by atoms with Gasteiger partial charge in [-0.25, -0.2) is 0 Å². The topological polar surface area (TPSA) is 12.0 Å². The van der Waals surface area contributed by atoms with Crippen LogP contribution >= 0.6 is 11.3 Å². The largest absolute Gasteiger partial charge is 0.309 e. The summed E-state index contributed by atoms with van der Waals surface area (Å²) in [6.45, 7) is 9.60. The van der Waals surface area contributed by atoms with E-state index in [1.807, 2.05) is 11.3 Å². The minimum atomic E-state index is 0.204. The van der Waals surface area contributed by atoms with Gasteiger partial charge in [0.15, 0.2) is 0 Å². The molecule has 0 saturated heterocycles. The lowest BCUT2D eigenvalue weighted by atomic mass is 10.1. The Hall–Kier alpha value is -0.600. The highest BCUT2D eigenvalue weighted by Gasteiger charge is 2.05. The number of nitrogens with one attached hydrogen (secondary N) is 1. The first-order valence-electron chi connectivity index (χ1n) is 4.95. The highest BCUT2D eigenvalue weighted by atomic mass is 32.1. The zero-order valence-electron chi connectivity index (χ0n) is 9.42. The second-order valence-corrected chi connectivity index (χ2v) is 5.80. The molecular formula is C12H19NS. The van der Waals surface area contributed by atoms with E-state index in [9.17, 15) is 0 Å². The molecule has 0 spiro atoms. The lowest BCUT2D eigenvalue weighted by Crippen LogP contribution is -2.35. The van der Waals surface area contributed by atoms with Crippen LogP contribution in [0.3, 0.4) is 0 Å². The Bertz CT molecular complexity index is 304. The maximum absolute atomic E-state index is 3.42. The third-order valence-corrected chi connectivity index (χ3v) is 2.76. The Morgan fingerprint density at radius 3 is 2.57 bits per heavy atom. The van der Waals surface area contributed by atoms with Gasteiger partial charge in [0.1, 0.15) is 0 Å². The molecule has 0 aliphatic carbocycles. The first-order chi connectivity index (χ1) is 6.47. The Morgan fingerprint density at radius 2 is 2.07 bits per heavy atom. The summed E-state index contributed by atoms with van der Waals surface area (Å²) in [5.74, 6) is 0. The minimum Gasteiger partial charge on any atom is -0.309 e. The first-order valence-corrected chi connectivity index (χ1v) is 5.77. The number of hydrogen-bond acceptors (Lipinski definition) is 2. The molecule has 14 heavy (non-hydrogen) atoms. The van der Waals surface area contributed by atoms with Gasteiger partial charge in [-0.3, -0.25) is 0 Å². The lowest BCUT2D eigenvalue weighted by molar-refractivity contribution is 0.450. The van der Waals surface area contributed by atoms with Crippen LogP contribution in [-0.2, 0) is 0 Å². The van der Waals surface area contributed by atoms with Crippen molar-refractivity contribution in [1.82, 2.24) is 5.32 Å². The zero-order valence-corrected chi connectivity index (χ0v) is 10.2. The van der Waals surface area contributed by atoms with Gasteiger partial charge in [0.25, 0.3) is 0 Å². The van der Waals surface area contributed by atoms with Crippen LogP contribution in [0.2, 0.25) is 0 Å². The van der Waals surface area contributed by atoms with Crippen molar-refractivity contribution < 1.29 is 0 Å². The molecule has 0 aliphatic heterocycles. The van der Waals surface area contributed by atoms with E-state index >= 15 is 0 Å². The number of aryl methyl sites for hydroxylation is 1. The molecule has 1 aromatic rings. The second kappa shape index (κ2) is 4.76. The van der Waals surface area contributed by atoms with Crippen LogP contribution in [0.15, 0.2) is 18.2 Å². The maximum Gasteiger partial charge on any atom is 0.0270 e. The molecule has 2 heteroatoms. The van der Waals surface area contributed by atoms with Crippen LogP contribution in [0.5, 0.6) is 0 Å². The van der Waals surface area contributed by atoms with E-state index in [1.54, 1.807) is 0 Å². The van der Waals surface area contributed by atoms with Crippen LogP contribution in [-0.4, -0.2) is 12.1 Å². The molecular weight excluding hydrogens is 190 g/mol. The first kappa shape index (κ1) is 11.5. The van der Waals surface area contributed by atoms with E-state index in [-0.39, 0.29) is 5.54 Å². The highest BCUT2D eigenvalue weighted by molar-refractivity contribution is 7.12. The molecule has 0 aromatic carbocycles. The second-order valence-electron chi connectivity index (χ2n) is 4.48. The molecule has 1 nitrogen and oxygen atoms in total. The van der Waals surface area contributed by atoms with E-state index in [1.165, 1.54) is 9.75 Å². The van der Waals surface area contributed by atoms with Gasteiger partial charge in [0.2, 0.25) is 0 Å². The molecule has 1 aromatic heterocycles. The third-order valence-electron chi connectivity index (χ3n) is 1.79. The summed E-state index contributed by atoms with van der Waals surface area (Å²) in [7, 11) is 0. The Morgan fingerprint density at radius 1 is 1.36 bits per heavy atom. The van der Waals surface area contributed by atoms with Gasteiger partial charge in [-0.1, -0.05) is 6.08 Å². The molecule has 0 amide bonds. The molecule has 1 rings (SSSR count). The predicted octanol–water partition coefficient (Wildman–Crippen LogP) is 3.46. The Kier molecular flexibility index (Phi) is 3.90. The fraction of sp³-hybridized carbons (Fsp3) is 0.500. The predicted molar refractivity (Wildman–Crippen MR) is 65.8 cm³/mol. The van der Waals surface area contributed by atoms with Crippen molar-refractivity contribution in [2.45, 2.75) is 33.2 Å². The summed E-state index contributed by atoms with van der Waals surface area (Å²) >= 11 is 1.83. The standard InChI is InChI=1S/C12H19NS/c1-10-7-8-11(14-10)6-5-9-13-12(2,3)4/h5-8,13H,9H2,1-4H3. The fourth-order valence-electron chi connectivity index (χ4n) is 1.08. The highest BCUT2D eigenvalue weighted by Crippen LogP contribution is 2.16. The van der Waals surface area contributed by atoms with E-state index in [0.29, 0.717) is 0 Å². The zero-order chi connectivity index (χ0) is 10.6. The molecule has 1 heterocycles. The van der Waals surface area contributed by atoms with E-state index in [2.05, 4.69) is 57.3 Å². The molecule has 1 N–H and O–H groups in total. The number of thiophene rings is 1. The van der Waals surface area contributed by atoms with Crippen molar-refractivity contribution in [2.75, 3.05) is 6.54 Å². The van der Waals surface area contributed by atoms with Crippen molar-refractivity contribution >= 4 is 17.4 Å².